The molecule has 0 aromatic rings. The molecule has 1 heterocycles. The van der Waals surface area contributed by atoms with Crippen LogP contribution in [0.5, 0.6) is 0 Å². The van der Waals surface area contributed by atoms with Gasteiger partial charge in [0.25, 0.3) is 5.09 Å². The Morgan fingerprint density at radius 2 is 2.47 bits per heavy atom. The van der Waals surface area contributed by atoms with E-state index in [0.717, 1.165) is 4.90 Å². The maximum atomic E-state index is 11.0. The molecule has 1 aliphatic heterocycles. The minimum absolute atomic E-state index is 0.118. The van der Waals surface area contributed by atoms with Gasteiger partial charge in [-0.05, 0) is 0 Å². The number of hydrogen-bond acceptors (Lipinski definition) is 6. The van der Waals surface area contributed by atoms with Crippen LogP contribution in [-0.2, 0) is 14.4 Å². The third kappa shape index (κ3) is 2.69. The zero-order valence-corrected chi connectivity index (χ0v) is 7.62. The van der Waals surface area contributed by atoms with Gasteiger partial charge in [-0.2, -0.15) is 0 Å². The average molecular weight is 219 g/mol. The summed E-state index contributed by atoms with van der Waals surface area (Å²) in [5.41, 5.74) is 4.99. The lowest BCUT2D eigenvalue weighted by atomic mass is 10.3. The minimum Gasteiger partial charge on any atom is -0.447 e. The Hall–Kier alpha value is -2.06. The number of nitrogens with two attached hydrogens (primary N) is 1. The zero-order chi connectivity index (χ0) is 11.4. The first kappa shape index (κ1) is 11.0. The van der Waals surface area contributed by atoms with E-state index in [1.807, 2.05) is 0 Å². The van der Waals surface area contributed by atoms with Crippen LogP contribution < -0.4 is 5.73 Å². The van der Waals surface area contributed by atoms with E-state index in [0.29, 0.717) is 0 Å². The fourth-order valence-corrected chi connectivity index (χ4v) is 1.15. The third-order valence-electron chi connectivity index (χ3n) is 1.83. The van der Waals surface area contributed by atoms with Crippen molar-refractivity contribution < 1.29 is 24.3 Å². The lowest BCUT2D eigenvalue weighted by Gasteiger charge is -2.17. The molecule has 1 saturated heterocycles. The van der Waals surface area contributed by atoms with E-state index in [1.165, 1.54) is 0 Å². The molecule has 15 heavy (non-hydrogen) atoms. The molecule has 1 fully saturated rings. The minimum atomic E-state index is -0.985. The molecule has 0 saturated carbocycles. The Balaban J connectivity index is 2.46. The van der Waals surface area contributed by atoms with Gasteiger partial charge in [-0.15, -0.1) is 10.1 Å². The van der Waals surface area contributed by atoms with Crippen molar-refractivity contribution in [3.63, 3.8) is 0 Å². The van der Waals surface area contributed by atoms with Gasteiger partial charge in [0.2, 0.25) is 5.91 Å². The second-order valence-electron chi connectivity index (χ2n) is 2.75. The van der Waals surface area contributed by atoms with Gasteiger partial charge >= 0.3 is 6.09 Å². The molecule has 1 atom stereocenters. The van der Waals surface area contributed by atoms with Crippen LogP contribution in [0.2, 0.25) is 0 Å². The van der Waals surface area contributed by atoms with E-state index in [1.54, 1.807) is 0 Å². The quantitative estimate of drug-likeness (QED) is 0.443. The molecular weight excluding hydrogens is 210 g/mol. The number of nitrogens with zero attached hydrogens (tertiary/aromatic N) is 2. The highest BCUT2D eigenvalue weighted by molar-refractivity contribution is 5.86. The SMILES string of the molecule is NC(=O)[C@@H]1COC(=O)N1CCO[N+](=O)[O-]. The molecule has 1 rings (SSSR count). The smallest absolute Gasteiger partial charge is 0.410 e. The number of rotatable bonds is 5. The van der Waals surface area contributed by atoms with E-state index >= 15 is 0 Å². The van der Waals surface area contributed by atoms with Gasteiger partial charge in [0.1, 0.15) is 19.3 Å². The number of amides is 2. The van der Waals surface area contributed by atoms with Crippen molar-refractivity contribution in [2.75, 3.05) is 19.8 Å². The van der Waals surface area contributed by atoms with Crippen molar-refractivity contribution in [3.8, 4) is 0 Å². The first-order valence-corrected chi connectivity index (χ1v) is 4.02. The van der Waals surface area contributed by atoms with Crippen LogP contribution >= 0.6 is 0 Å². The molecule has 2 amide bonds. The van der Waals surface area contributed by atoms with Crippen molar-refractivity contribution in [1.29, 1.82) is 0 Å². The molecule has 84 valence electrons. The van der Waals surface area contributed by atoms with Gasteiger partial charge in [0, 0.05) is 6.54 Å². The van der Waals surface area contributed by atoms with Crippen LogP contribution in [-0.4, -0.2) is 47.8 Å². The molecular formula is C6H9N3O6. The third-order valence-corrected chi connectivity index (χ3v) is 1.83. The van der Waals surface area contributed by atoms with E-state index in [-0.39, 0.29) is 19.8 Å². The van der Waals surface area contributed by atoms with Gasteiger partial charge in [-0.25, -0.2) is 4.79 Å². The largest absolute Gasteiger partial charge is 0.447 e. The predicted molar refractivity (Wildman–Crippen MR) is 44.0 cm³/mol. The Morgan fingerprint density at radius 1 is 1.80 bits per heavy atom. The second-order valence-corrected chi connectivity index (χ2v) is 2.75. The molecule has 0 aromatic carbocycles. The van der Waals surface area contributed by atoms with E-state index in [9.17, 15) is 19.7 Å². The summed E-state index contributed by atoms with van der Waals surface area (Å²) in [6.07, 6.45) is -0.731. The highest BCUT2D eigenvalue weighted by Gasteiger charge is 2.36. The molecule has 9 nitrogen and oxygen atoms in total. The molecule has 0 spiro atoms. The maximum absolute atomic E-state index is 11.0. The number of ether oxygens (including phenoxy) is 1. The van der Waals surface area contributed by atoms with E-state index in [4.69, 9.17) is 5.73 Å². The van der Waals surface area contributed by atoms with Crippen LogP contribution in [0, 0.1) is 10.1 Å². The Labute approximate surface area is 83.8 Å². The highest BCUT2D eigenvalue weighted by atomic mass is 16.9. The highest BCUT2D eigenvalue weighted by Crippen LogP contribution is 2.11. The van der Waals surface area contributed by atoms with Crippen molar-refractivity contribution in [3.05, 3.63) is 10.1 Å². The summed E-state index contributed by atoms with van der Waals surface area (Å²) < 4.78 is 4.56. The molecule has 0 aliphatic carbocycles. The molecule has 0 unspecified atom stereocenters. The van der Waals surface area contributed by atoms with Crippen molar-refractivity contribution in [2.45, 2.75) is 6.04 Å². The number of carbonyl (C=O) groups is 2. The fraction of sp³-hybridized carbons (Fsp3) is 0.667. The molecule has 1 aliphatic rings. The molecule has 0 aromatic heterocycles. The standard InChI is InChI=1S/C6H9N3O6/c7-5(10)4-3-14-6(11)8(4)1-2-15-9(12)13/h4H,1-3H2,(H2,7,10)/t4-/m0/s1. The number of primary amides is 1. The number of hydrogen-bond donors (Lipinski definition) is 1. The first-order valence-electron chi connectivity index (χ1n) is 4.02. The molecule has 2 N–H and O–H groups in total. The lowest BCUT2D eigenvalue weighted by molar-refractivity contribution is -0.757. The van der Waals surface area contributed by atoms with Gasteiger partial charge in [0.15, 0.2) is 0 Å². The normalized spacial score (nSPS) is 19.9. The van der Waals surface area contributed by atoms with Crippen LogP contribution in [0.15, 0.2) is 0 Å². The van der Waals surface area contributed by atoms with Crippen molar-refractivity contribution in [2.24, 2.45) is 5.73 Å². The molecule has 9 heteroatoms. The topological polar surface area (TPSA) is 125 Å². The van der Waals surface area contributed by atoms with E-state index in [2.05, 4.69) is 9.57 Å². The summed E-state index contributed by atoms with van der Waals surface area (Å²) >= 11 is 0. The van der Waals surface area contributed by atoms with Crippen LogP contribution in [0.1, 0.15) is 0 Å². The summed E-state index contributed by atoms with van der Waals surface area (Å²) in [6, 6.07) is -0.882. The first-order chi connectivity index (χ1) is 7.02. The predicted octanol–water partition coefficient (Wildman–Crippen LogP) is -1.50. The van der Waals surface area contributed by atoms with Crippen molar-refractivity contribution in [1.82, 2.24) is 4.90 Å². The summed E-state index contributed by atoms with van der Waals surface area (Å²) in [5.74, 6) is -0.720. The molecule has 0 radical (unpaired) electrons. The Morgan fingerprint density at radius 3 is 3.00 bits per heavy atom. The Kier molecular flexibility index (Phi) is 3.26. The average Bonchev–Trinajstić information content (AvgIpc) is 2.47. The maximum Gasteiger partial charge on any atom is 0.410 e. The van der Waals surface area contributed by atoms with Crippen LogP contribution in [0.3, 0.4) is 0 Å². The second kappa shape index (κ2) is 4.44. The number of carbonyl (C=O) groups excluding carboxylic acids is 2. The monoisotopic (exact) mass is 219 g/mol. The summed E-state index contributed by atoms with van der Waals surface area (Å²) in [5, 5.41) is 8.84. The Bertz CT molecular complexity index is 293. The van der Waals surface area contributed by atoms with Gasteiger partial charge in [0.05, 0.1) is 0 Å². The van der Waals surface area contributed by atoms with Gasteiger partial charge in [-0.1, -0.05) is 0 Å². The molecule has 0 bridgehead atoms. The summed E-state index contributed by atoms with van der Waals surface area (Å²) in [4.78, 5) is 36.7. The zero-order valence-electron chi connectivity index (χ0n) is 7.62. The van der Waals surface area contributed by atoms with E-state index < -0.39 is 23.1 Å². The summed E-state index contributed by atoms with van der Waals surface area (Å²) in [6.45, 7) is -0.577. The van der Waals surface area contributed by atoms with Gasteiger partial charge in [-0.3, -0.25) is 9.69 Å². The number of cyclic esters (lactones) is 1. The summed E-state index contributed by atoms with van der Waals surface area (Å²) in [7, 11) is 0. The fourth-order valence-electron chi connectivity index (χ4n) is 1.15. The van der Waals surface area contributed by atoms with Gasteiger partial charge < -0.3 is 15.3 Å². The van der Waals surface area contributed by atoms with Crippen LogP contribution in [0.25, 0.3) is 0 Å². The lowest BCUT2D eigenvalue weighted by Crippen LogP contribution is -2.44. The van der Waals surface area contributed by atoms with Crippen molar-refractivity contribution >= 4 is 12.0 Å². The van der Waals surface area contributed by atoms with Crippen LogP contribution in [0.4, 0.5) is 4.79 Å².